The van der Waals surface area contributed by atoms with Gasteiger partial charge in [-0.15, -0.1) is 11.8 Å². The molecule has 4 aromatic carbocycles. The van der Waals surface area contributed by atoms with Gasteiger partial charge in [-0.05, 0) is 114 Å². The van der Waals surface area contributed by atoms with Gasteiger partial charge in [0.15, 0.2) is 35.3 Å². The molecule has 0 unspecified atom stereocenters. The lowest BCUT2D eigenvalue weighted by Crippen LogP contribution is -2.16. The summed E-state index contributed by atoms with van der Waals surface area (Å²) in [5.41, 5.74) is 4.52. The van der Waals surface area contributed by atoms with E-state index in [0.29, 0.717) is 11.0 Å². The Bertz CT molecular complexity index is 2900. The molecular weight excluding hydrogens is 1000 g/mol. The van der Waals surface area contributed by atoms with Crippen molar-refractivity contribution in [1.82, 2.24) is 9.97 Å². The number of nitrogens with zero attached hydrogens (tertiary/aromatic N) is 4. The first-order chi connectivity index (χ1) is 30.3. The van der Waals surface area contributed by atoms with Gasteiger partial charge in [-0.1, -0.05) is 25.4 Å². The lowest BCUT2D eigenvalue weighted by atomic mass is 10.3. The number of nitro benzene ring substituents is 2. The molecule has 5 rings (SSSR count). The molecule has 1 heterocycles. The van der Waals surface area contributed by atoms with E-state index in [2.05, 4.69) is 15.3 Å². The Morgan fingerprint density at radius 2 is 1.03 bits per heavy atom. The van der Waals surface area contributed by atoms with E-state index < -0.39 is 89.0 Å². The summed E-state index contributed by atoms with van der Waals surface area (Å²) in [6.45, 7) is 12.9. The van der Waals surface area contributed by atoms with Crippen LogP contribution in [-0.4, -0.2) is 66.1 Å². The highest BCUT2D eigenvalue weighted by molar-refractivity contribution is 8.00. The number of benzene rings is 4. The Morgan fingerprint density at radius 1 is 0.621 bits per heavy atom. The van der Waals surface area contributed by atoms with Crippen LogP contribution in [0.3, 0.4) is 0 Å². The molecule has 0 aliphatic rings. The van der Waals surface area contributed by atoms with E-state index in [1.54, 1.807) is 13.8 Å². The number of nitrogens with one attached hydrogen (secondary N) is 1. The van der Waals surface area contributed by atoms with Crippen molar-refractivity contribution in [2.24, 2.45) is 0 Å². The zero-order valence-corrected chi connectivity index (χ0v) is 40.9. The van der Waals surface area contributed by atoms with Gasteiger partial charge in [-0.25, -0.2) is 47.8 Å². The molecular formula is C40H44Cl2F4N6O10S4. The molecule has 0 radical (unpaired) electrons. The maximum atomic E-state index is 13.5. The molecule has 0 aliphatic carbocycles. The number of nitrogens with two attached hydrogens (primary N) is 1. The lowest BCUT2D eigenvalue weighted by molar-refractivity contribution is -0.388. The van der Waals surface area contributed by atoms with Crippen molar-refractivity contribution in [3.63, 3.8) is 0 Å². The number of rotatable bonds is 12. The number of halogens is 6. The van der Waals surface area contributed by atoms with Crippen LogP contribution in [0.5, 0.6) is 0 Å². The minimum absolute atomic E-state index is 0.00565. The third-order valence-corrected chi connectivity index (χ3v) is 16.4. The quantitative estimate of drug-likeness (QED) is 0.0224. The third-order valence-electron chi connectivity index (χ3n) is 8.26. The fourth-order valence-corrected chi connectivity index (χ4v) is 9.52. The number of sulfone groups is 3. The summed E-state index contributed by atoms with van der Waals surface area (Å²) in [6.07, 6.45) is 1.26. The lowest BCUT2D eigenvalue weighted by Gasteiger charge is -2.15. The average Bonchev–Trinajstić information content (AvgIpc) is 3.20. The molecule has 0 saturated heterocycles. The SMILES string of the molecule is CC(C)S(=O)(=O)c1ccc(F)cc1N.CC(C)S(=O)(=O)c1ccc(F)cc1Nc1nc(Cl)ncc1Cl.CC(C)S(=O)(=O)c1ccc(F)cc1[N+](=O)[O-].CC(C)Sc1ccc(F)cc1[N+](=O)[O-]. The van der Waals surface area contributed by atoms with Gasteiger partial charge in [0, 0.05) is 5.25 Å². The van der Waals surface area contributed by atoms with Gasteiger partial charge in [-0.2, -0.15) is 4.98 Å². The molecule has 66 heavy (non-hydrogen) atoms. The number of anilines is 3. The van der Waals surface area contributed by atoms with Crippen LogP contribution >= 0.6 is 35.0 Å². The van der Waals surface area contributed by atoms with E-state index >= 15 is 0 Å². The van der Waals surface area contributed by atoms with Crippen LogP contribution in [0.15, 0.2) is 98.6 Å². The van der Waals surface area contributed by atoms with E-state index in [0.717, 1.165) is 42.5 Å². The highest BCUT2D eigenvalue weighted by Gasteiger charge is 2.29. The predicted molar refractivity (Wildman–Crippen MR) is 247 cm³/mol. The van der Waals surface area contributed by atoms with Crippen LogP contribution in [0.1, 0.15) is 55.4 Å². The zero-order valence-electron chi connectivity index (χ0n) is 36.2. The molecule has 0 amide bonds. The Kier molecular flexibility index (Phi) is 20.8. The maximum absolute atomic E-state index is 13.5. The summed E-state index contributed by atoms with van der Waals surface area (Å²) in [7, 11) is -10.8. The largest absolute Gasteiger partial charge is 0.398 e. The van der Waals surface area contributed by atoms with Gasteiger partial charge in [-0.3, -0.25) is 20.2 Å². The second-order valence-electron chi connectivity index (χ2n) is 14.5. The van der Waals surface area contributed by atoms with Gasteiger partial charge in [0.1, 0.15) is 33.2 Å². The fourth-order valence-electron chi connectivity index (χ4n) is 4.81. The molecule has 0 saturated carbocycles. The summed E-state index contributed by atoms with van der Waals surface area (Å²) in [5.74, 6) is -2.46. The molecule has 0 aliphatic heterocycles. The van der Waals surface area contributed by atoms with Crippen LogP contribution in [0.2, 0.25) is 10.3 Å². The number of nitrogen functional groups attached to an aromatic ring is 1. The first-order valence-corrected chi connectivity index (χ1v) is 25.2. The number of thioether (sulfide) groups is 1. The number of hydrogen-bond acceptors (Lipinski definition) is 15. The van der Waals surface area contributed by atoms with Crippen molar-refractivity contribution in [2.45, 2.75) is 96.0 Å². The summed E-state index contributed by atoms with van der Waals surface area (Å²) >= 11 is 13.0. The van der Waals surface area contributed by atoms with Crippen molar-refractivity contribution in [2.75, 3.05) is 11.1 Å². The van der Waals surface area contributed by atoms with Crippen LogP contribution in [-0.2, 0) is 29.5 Å². The van der Waals surface area contributed by atoms with Crippen molar-refractivity contribution in [3.05, 3.63) is 133 Å². The standard InChI is InChI=1S/C13H12Cl2FN3O2S.C9H10FNO4S.C9H12FNO2S.C9H10FNO2S/c1-7(2)22(20,21)11-4-3-8(16)5-10(11)18-12-9(14)6-17-13(15)19-12;1-6(2)16(14,15)9-4-3-7(10)5-8(9)11(12)13;1-6(2)14(12,13)9-4-3-7(10)5-8(9)11;1-6(2)14-9-4-3-7(10)5-8(9)11(12)13/h3-7H,1-2H3,(H,17,18,19);3-6H,1-2H3;3-6H,11H2,1-2H3;3-6H,1-2H3. The van der Waals surface area contributed by atoms with Gasteiger partial charge < -0.3 is 11.1 Å². The molecule has 16 nitrogen and oxygen atoms in total. The smallest absolute Gasteiger partial charge is 0.290 e. The molecule has 0 atom stereocenters. The highest BCUT2D eigenvalue weighted by Crippen LogP contribution is 2.33. The number of aromatic nitrogens is 2. The third kappa shape index (κ3) is 15.7. The second kappa shape index (κ2) is 24.1. The molecule has 0 bridgehead atoms. The Morgan fingerprint density at radius 3 is 1.50 bits per heavy atom. The normalized spacial score (nSPS) is 11.5. The Balaban J connectivity index is 0.000000308. The molecule has 3 N–H and O–H groups in total. The molecule has 0 fully saturated rings. The fraction of sp³-hybridized carbons (Fsp3) is 0.300. The summed E-state index contributed by atoms with van der Waals surface area (Å²) in [6, 6.07) is 12.7. The molecule has 0 spiro atoms. The minimum Gasteiger partial charge on any atom is -0.398 e. The molecule has 1 aromatic heterocycles. The highest BCUT2D eigenvalue weighted by atomic mass is 35.5. The summed E-state index contributed by atoms with van der Waals surface area (Å²) in [4.78, 5) is 27.3. The van der Waals surface area contributed by atoms with Gasteiger partial charge >= 0.3 is 0 Å². The van der Waals surface area contributed by atoms with Gasteiger partial charge in [0.2, 0.25) is 5.28 Å². The van der Waals surface area contributed by atoms with Crippen molar-refractivity contribution >= 4 is 93.0 Å². The van der Waals surface area contributed by atoms with E-state index in [9.17, 15) is 63.0 Å². The van der Waals surface area contributed by atoms with Gasteiger partial charge in [0.05, 0.1) is 70.0 Å². The van der Waals surface area contributed by atoms with E-state index in [1.807, 2.05) is 13.8 Å². The minimum atomic E-state index is -3.78. The number of nitro groups is 2. The van der Waals surface area contributed by atoms with E-state index in [4.69, 9.17) is 28.9 Å². The molecule has 5 aromatic rings. The van der Waals surface area contributed by atoms with Crippen LogP contribution in [0, 0.1) is 43.5 Å². The van der Waals surface area contributed by atoms with Crippen LogP contribution in [0.4, 0.5) is 46.1 Å². The first-order valence-electron chi connectivity index (χ1n) is 18.9. The topological polar surface area (TPSA) is 253 Å². The first kappa shape index (κ1) is 57.0. The number of hydrogen-bond donors (Lipinski definition) is 2. The average molecular weight is 1040 g/mol. The summed E-state index contributed by atoms with van der Waals surface area (Å²) < 4.78 is 123. The Hall–Kier alpha value is -5.14. The van der Waals surface area contributed by atoms with Crippen molar-refractivity contribution < 1.29 is 52.7 Å². The maximum Gasteiger partial charge on any atom is 0.290 e. The predicted octanol–water partition coefficient (Wildman–Crippen LogP) is 10.6. The molecule has 26 heteroatoms. The van der Waals surface area contributed by atoms with E-state index in [-0.39, 0.29) is 48.2 Å². The van der Waals surface area contributed by atoms with Crippen LogP contribution < -0.4 is 11.1 Å². The summed E-state index contributed by atoms with van der Waals surface area (Å²) in [5, 5.41) is 22.2. The van der Waals surface area contributed by atoms with Crippen molar-refractivity contribution in [1.29, 1.82) is 0 Å². The van der Waals surface area contributed by atoms with Crippen molar-refractivity contribution in [3.8, 4) is 0 Å². The zero-order chi connectivity index (χ0) is 50.6. The van der Waals surface area contributed by atoms with E-state index in [1.165, 1.54) is 69.9 Å². The Labute approximate surface area is 393 Å². The van der Waals surface area contributed by atoms with Gasteiger partial charge in [0.25, 0.3) is 11.4 Å². The monoisotopic (exact) mass is 1040 g/mol. The van der Waals surface area contributed by atoms with Crippen LogP contribution in [0.25, 0.3) is 0 Å². The molecule has 360 valence electrons. The second-order valence-corrected chi connectivity index (χ2v) is 24.3.